The molecule has 2 nitrogen and oxygen atoms in total. The largest absolute Gasteiger partial charge is 0.374 e. The van der Waals surface area contributed by atoms with E-state index in [0.29, 0.717) is 6.61 Å². The van der Waals surface area contributed by atoms with E-state index in [1.165, 1.54) is 0 Å². The molecule has 0 spiro atoms. The molecule has 15 heavy (non-hydrogen) atoms. The molecule has 0 amide bonds. The van der Waals surface area contributed by atoms with E-state index in [1.807, 2.05) is 51.1 Å². The van der Waals surface area contributed by atoms with Crippen LogP contribution in [0.15, 0.2) is 30.3 Å². The standard InChI is InChI=1S/C12H19NO.ClH/c1-12(2,3)14-9-11(13)10-7-5-4-6-8-10;/h4-8,11H,9,13H2,1-3H3;1H/t11-;/m0./s1. The van der Waals surface area contributed by atoms with Crippen molar-refractivity contribution < 1.29 is 4.74 Å². The van der Waals surface area contributed by atoms with Gasteiger partial charge in [-0.1, -0.05) is 30.3 Å². The van der Waals surface area contributed by atoms with Crippen molar-refractivity contribution in [3.8, 4) is 0 Å². The van der Waals surface area contributed by atoms with Crippen LogP contribution in [0.25, 0.3) is 0 Å². The molecule has 0 unspecified atom stereocenters. The maximum absolute atomic E-state index is 5.98. The summed E-state index contributed by atoms with van der Waals surface area (Å²) in [6.07, 6.45) is 0. The second kappa shape index (κ2) is 6.11. The van der Waals surface area contributed by atoms with E-state index in [1.54, 1.807) is 0 Å². The molecular formula is C12H20ClNO. The third-order valence-corrected chi connectivity index (χ3v) is 1.92. The number of benzene rings is 1. The second-order valence-corrected chi connectivity index (χ2v) is 4.44. The number of halogens is 1. The van der Waals surface area contributed by atoms with Crippen molar-refractivity contribution in [1.82, 2.24) is 0 Å². The van der Waals surface area contributed by atoms with Crippen LogP contribution in [-0.2, 0) is 4.74 Å². The van der Waals surface area contributed by atoms with Gasteiger partial charge in [0.25, 0.3) is 0 Å². The molecule has 1 aromatic carbocycles. The van der Waals surface area contributed by atoms with Gasteiger partial charge in [-0.15, -0.1) is 12.4 Å². The van der Waals surface area contributed by atoms with Gasteiger partial charge in [-0.2, -0.15) is 0 Å². The summed E-state index contributed by atoms with van der Waals surface area (Å²) in [4.78, 5) is 0. The maximum Gasteiger partial charge on any atom is 0.0666 e. The van der Waals surface area contributed by atoms with Gasteiger partial charge in [0.1, 0.15) is 0 Å². The highest BCUT2D eigenvalue weighted by atomic mass is 35.5. The molecule has 0 heterocycles. The minimum atomic E-state index is -0.119. The van der Waals surface area contributed by atoms with Gasteiger partial charge in [-0.25, -0.2) is 0 Å². The number of nitrogens with two attached hydrogens (primary N) is 1. The number of ether oxygens (including phenoxy) is 1. The monoisotopic (exact) mass is 229 g/mol. The van der Waals surface area contributed by atoms with Crippen molar-refractivity contribution in [2.24, 2.45) is 5.73 Å². The first-order valence-electron chi connectivity index (χ1n) is 4.93. The molecule has 0 fully saturated rings. The first-order valence-corrected chi connectivity index (χ1v) is 4.93. The number of hydrogen-bond acceptors (Lipinski definition) is 2. The van der Waals surface area contributed by atoms with Crippen LogP contribution in [0.4, 0.5) is 0 Å². The van der Waals surface area contributed by atoms with E-state index in [4.69, 9.17) is 10.5 Å². The van der Waals surface area contributed by atoms with E-state index in [2.05, 4.69) is 0 Å². The van der Waals surface area contributed by atoms with Gasteiger partial charge in [0, 0.05) is 0 Å². The van der Waals surface area contributed by atoms with Gasteiger partial charge < -0.3 is 10.5 Å². The summed E-state index contributed by atoms with van der Waals surface area (Å²) >= 11 is 0. The average molecular weight is 230 g/mol. The van der Waals surface area contributed by atoms with Crippen molar-refractivity contribution >= 4 is 12.4 Å². The molecule has 0 aliphatic rings. The number of rotatable bonds is 3. The Hall–Kier alpha value is -0.570. The Kier molecular flexibility index (Phi) is 5.88. The highest BCUT2D eigenvalue weighted by Gasteiger charge is 2.13. The Morgan fingerprint density at radius 1 is 1.20 bits per heavy atom. The first kappa shape index (κ1) is 14.4. The summed E-state index contributed by atoms with van der Waals surface area (Å²) in [5.74, 6) is 0. The Bertz CT molecular complexity index is 269. The lowest BCUT2D eigenvalue weighted by Crippen LogP contribution is -2.26. The summed E-state index contributed by atoms with van der Waals surface area (Å²) in [5.41, 5.74) is 6.98. The topological polar surface area (TPSA) is 35.2 Å². The van der Waals surface area contributed by atoms with Crippen LogP contribution in [0.1, 0.15) is 32.4 Å². The third-order valence-electron chi connectivity index (χ3n) is 1.92. The molecule has 86 valence electrons. The SMILES string of the molecule is CC(C)(C)OC[C@H](N)c1ccccc1.Cl. The van der Waals surface area contributed by atoms with Crippen LogP contribution in [0, 0.1) is 0 Å². The van der Waals surface area contributed by atoms with E-state index in [-0.39, 0.29) is 24.0 Å². The van der Waals surface area contributed by atoms with Crippen molar-refractivity contribution in [3.05, 3.63) is 35.9 Å². The van der Waals surface area contributed by atoms with Gasteiger partial charge in [0.05, 0.1) is 18.2 Å². The van der Waals surface area contributed by atoms with E-state index < -0.39 is 0 Å². The van der Waals surface area contributed by atoms with Crippen molar-refractivity contribution in [3.63, 3.8) is 0 Å². The molecule has 0 aromatic heterocycles. The third kappa shape index (κ3) is 5.78. The Labute approximate surface area is 98.2 Å². The Morgan fingerprint density at radius 2 is 1.73 bits per heavy atom. The summed E-state index contributed by atoms with van der Waals surface area (Å²) < 4.78 is 5.62. The summed E-state index contributed by atoms with van der Waals surface area (Å²) in [5, 5.41) is 0. The van der Waals surface area contributed by atoms with Crippen molar-refractivity contribution in [1.29, 1.82) is 0 Å². The molecule has 2 N–H and O–H groups in total. The molecule has 0 bridgehead atoms. The average Bonchev–Trinajstić information content (AvgIpc) is 2.14. The summed E-state index contributed by atoms with van der Waals surface area (Å²) in [6.45, 7) is 6.66. The van der Waals surface area contributed by atoms with Gasteiger partial charge in [-0.05, 0) is 26.3 Å². The quantitative estimate of drug-likeness (QED) is 0.865. The van der Waals surface area contributed by atoms with Crippen LogP contribution in [0.5, 0.6) is 0 Å². The zero-order valence-corrected chi connectivity index (χ0v) is 10.4. The zero-order chi connectivity index (χ0) is 10.6. The van der Waals surface area contributed by atoms with E-state index >= 15 is 0 Å². The Balaban J connectivity index is 0.00000196. The van der Waals surface area contributed by atoms with Crippen LogP contribution < -0.4 is 5.73 Å². The molecule has 1 atom stereocenters. The lowest BCUT2D eigenvalue weighted by atomic mass is 10.1. The van der Waals surface area contributed by atoms with Crippen LogP contribution in [0.3, 0.4) is 0 Å². The molecular weight excluding hydrogens is 210 g/mol. The van der Waals surface area contributed by atoms with Crippen LogP contribution in [0.2, 0.25) is 0 Å². The molecule has 0 radical (unpaired) electrons. The normalized spacial score (nSPS) is 13.1. The van der Waals surface area contributed by atoms with E-state index in [9.17, 15) is 0 Å². The fourth-order valence-corrected chi connectivity index (χ4v) is 1.14. The second-order valence-electron chi connectivity index (χ2n) is 4.44. The van der Waals surface area contributed by atoms with Gasteiger partial charge in [0.15, 0.2) is 0 Å². The predicted octanol–water partition coefficient (Wildman–Crippen LogP) is 2.92. The lowest BCUT2D eigenvalue weighted by molar-refractivity contribution is -0.0102. The lowest BCUT2D eigenvalue weighted by Gasteiger charge is -2.22. The Morgan fingerprint density at radius 3 is 2.20 bits per heavy atom. The maximum atomic E-state index is 5.98. The van der Waals surface area contributed by atoms with Gasteiger partial charge in [-0.3, -0.25) is 0 Å². The van der Waals surface area contributed by atoms with Gasteiger partial charge in [0.2, 0.25) is 0 Å². The predicted molar refractivity (Wildman–Crippen MR) is 66.3 cm³/mol. The van der Waals surface area contributed by atoms with Crippen molar-refractivity contribution in [2.45, 2.75) is 32.4 Å². The molecule has 0 aliphatic heterocycles. The minimum Gasteiger partial charge on any atom is -0.374 e. The highest BCUT2D eigenvalue weighted by molar-refractivity contribution is 5.85. The fourth-order valence-electron chi connectivity index (χ4n) is 1.14. The molecule has 1 aromatic rings. The first-order chi connectivity index (χ1) is 6.49. The number of hydrogen-bond donors (Lipinski definition) is 1. The van der Waals surface area contributed by atoms with Crippen LogP contribution >= 0.6 is 12.4 Å². The smallest absolute Gasteiger partial charge is 0.0666 e. The summed E-state index contributed by atoms with van der Waals surface area (Å²) in [6, 6.07) is 9.99. The van der Waals surface area contributed by atoms with Crippen molar-refractivity contribution in [2.75, 3.05) is 6.61 Å². The molecule has 3 heteroatoms. The highest BCUT2D eigenvalue weighted by Crippen LogP contribution is 2.14. The zero-order valence-electron chi connectivity index (χ0n) is 9.57. The van der Waals surface area contributed by atoms with E-state index in [0.717, 1.165) is 5.56 Å². The van der Waals surface area contributed by atoms with Crippen LogP contribution in [-0.4, -0.2) is 12.2 Å². The summed E-state index contributed by atoms with van der Waals surface area (Å²) in [7, 11) is 0. The fraction of sp³-hybridized carbons (Fsp3) is 0.500. The minimum absolute atomic E-state index is 0. The molecule has 0 saturated carbocycles. The van der Waals surface area contributed by atoms with Gasteiger partial charge >= 0.3 is 0 Å². The molecule has 0 aliphatic carbocycles. The molecule has 0 saturated heterocycles. The molecule has 1 rings (SSSR count).